The van der Waals surface area contributed by atoms with Crippen molar-refractivity contribution in [3.8, 4) is 11.5 Å². The number of nitrogens with one attached hydrogen (secondary N) is 1. The van der Waals surface area contributed by atoms with Gasteiger partial charge in [-0.15, -0.1) is 0 Å². The molecule has 1 N–H and O–H groups in total. The molecule has 0 radical (unpaired) electrons. The van der Waals surface area contributed by atoms with Crippen molar-refractivity contribution in [3.63, 3.8) is 0 Å². The molecule has 0 saturated heterocycles. The molecular formula is C28H38N4O5. The number of benzene rings is 2. The van der Waals surface area contributed by atoms with Gasteiger partial charge in [0.25, 0.3) is 0 Å². The third-order valence-electron chi connectivity index (χ3n) is 5.85. The second-order valence-electron chi connectivity index (χ2n) is 10.0. The number of rotatable bonds is 13. The Morgan fingerprint density at radius 1 is 1.05 bits per heavy atom. The SMILES string of the molecule is COc1cc(CC(=O)NC(CCc2ccc(C)c(C)c2)COC(=O)C(C)(C)C)ccc1OCCN=[N+]=[N-]. The van der Waals surface area contributed by atoms with Crippen molar-refractivity contribution in [1.82, 2.24) is 5.32 Å². The Hall–Kier alpha value is -3.71. The first kappa shape index (κ1) is 29.5. The van der Waals surface area contributed by atoms with Crippen molar-refractivity contribution in [3.05, 3.63) is 69.1 Å². The van der Waals surface area contributed by atoms with Crippen molar-refractivity contribution in [2.24, 2.45) is 10.5 Å². The maximum Gasteiger partial charge on any atom is 0.311 e. The lowest BCUT2D eigenvalue weighted by Crippen LogP contribution is -2.41. The molecule has 200 valence electrons. The summed E-state index contributed by atoms with van der Waals surface area (Å²) in [6.07, 6.45) is 1.50. The first-order valence-corrected chi connectivity index (χ1v) is 12.4. The van der Waals surface area contributed by atoms with E-state index in [-0.39, 0.29) is 44.1 Å². The second kappa shape index (κ2) is 14.1. The normalized spacial score (nSPS) is 11.7. The molecule has 37 heavy (non-hydrogen) atoms. The van der Waals surface area contributed by atoms with E-state index >= 15 is 0 Å². The van der Waals surface area contributed by atoms with Crippen LogP contribution in [0, 0.1) is 19.3 Å². The summed E-state index contributed by atoms with van der Waals surface area (Å²) < 4.78 is 16.5. The molecule has 0 bridgehead atoms. The van der Waals surface area contributed by atoms with Crippen LogP contribution in [0.25, 0.3) is 10.4 Å². The lowest BCUT2D eigenvalue weighted by Gasteiger charge is -2.22. The van der Waals surface area contributed by atoms with Crippen LogP contribution in [-0.2, 0) is 27.2 Å². The molecule has 9 heteroatoms. The highest BCUT2D eigenvalue weighted by atomic mass is 16.5. The van der Waals surface area contributed by atoms with E-state index < -0.39 is 5.41 Å². The number of carbonyl (C=O) groups excluding carboxylic acids is 2. The number of ether oxygens (including phenoxy) is 3. The molecule has 0 aliphatic heterocycles. The van der Waals surface area contributed by atoms with E-state index in [0.29, 0.717) is 17.9 Å². The molecule has 0 spiro atoms. The molecule has 1 atom stereocenters. The lowest BCUT2D eigenvalue weighted by molar-refractivity contribution is -0.154. The van der Waals surface area contributed by atoms with Crippen molar-refractivity contribution in [1.29, 1.82) is 0 Å². The van der Waals surface area contributed by atoms with Crippen LogP contribution in [0.5, 0.6) is 11.5 Å². The van der Waals surface area contributed by atoms with Gasteiger partial charge in [-0.2, -0.15) is 0 Å². The maximum atomic E-state index is 12.9. The molecular weight excluding hydrogens is 472 g/mol. The third-order valence-corrected chi connectivity index (χ3v) is 5.85. The summed E-state index contributed by atoms with van der Waals surface area (Å²) >= 11 is 0. The molecule has 9 nitrogen and oxygen atoms in total. The number of nitrogens with zero attached hydrogens (tertiary/aromatic N) is 3. The fourth-order valence-electron chi connectivity index (χ4n) is 3.54. The topological polar surface area (TPSA) is 123 Å². The summed E-state index contributed by atoms with van der Waals surface area (Å²) in [4.78, 5) is 28.0. The third kappa shape index (κ3) is 10.1. The van der Waals surface area contributed by atoms with E-state index in [1.54, 1.807) is 39.0 Å². The van der Waals surface area contributed by atoms with Gasteiger partial charge in [0.05, 0.1) is 38.1 Å². The average Bonchev–Trinajstić information content (AvgIpc) is 2.85. The first-order valence-electron chi connectivity index (χ1n) is 12.4. The van der Waals surface area contributed by atoms with Crippen LogP contribution in [0.3, 0.4) is 0 Å². The first-order chi connectivity index (χ1) is 17.5. The van der Waals surface area contributed by atoms with E-state index in [1.165, 1.54) is 23.8 Å². The zero-order valence-electron chi connectivity index (χ0n) is 22.7. The second-order valence-corrected chi connectivity index (χ2v) is 10.0. The molecule has 1 amide bonds. The highest BCUT2D eigenvalue weighted by Crippen LogP contribution is 2.28. The number of aryl methyl sites for hydroxylation is 3. The predicted molar refractivity (Wildman–Crippen MR) is 143 cm³/mol. The van der Waals surface area contributed by atoms with Crippen molar-refractivity contribution < 1.29 is 23.8 Å². The van der Waals surface area contributed by atoms with E-state index in [9.17, 15) is 9.59 Å². The summed E-state index contributed by atoms with van der Waals surface area (Å²) in [5.74, 6) is 0.492. The van der Waals surface area contributed by atoms with E-state index in [2.05, 4.69) is 47.4 Å². The van der Waals surface area contributed by atoms with Crippen molar-refractivity contribution in [2.45, 2.75) is 59.9 Å². The van der Waals surface area contributed by atoms with E-state index in [4.69, 9.17) is 19.7 Å². The van der Waals surface area contributed by atoms with Crippen LogP contribution in [0.1, 0.15) is 49.4 Å². The van der Waals surface area contributed by atoms with Crippen LogP contribution < -0.4 is 14.8 Å². The van der Waals surface area contributed by atoms with Crippen molar-refractivity contribution >= 4 is 11.9 Å². The Morgan fingerprint density at radius 3 is 2.43 bits per heavy atom. The highest BCUT2D eigenvalue weighted by molar-refractivity contribution is 5.79. The van der Waals surface area contributed by atoms with Crippen LogP contribution >= 0.6 is 0 Å². The van der Waals surface area contributed by atoms with Gasteiger partial charge in [-0.1, -0.05) is 29.4 Å². The number of hydrogen-bond acceptors (Lipinski definition) is 6. The minimum absolute atomic E-state index is 0.105. The van der Waals surface area contributed by atoms with Gasteiger partial charge >= 0.3 is 5.97 Å². The van der Waals surface area contributed by atoms with Crippen LogP contribution in [-0.4, -0.2) is 44.8 Å². The summed E-state index contributed by atoms with van der Waals surface area (Å²) in [5, 5.41) is 6.47. The van der Waals surface area contributed by atoms with E-state index in [0.717, 1.165) is 12.0 Å². The summed E-state index contributed by atoms with van der Waals surface area (Å²) in [6, 6.07) is 11.3. The van der Waals surface area contributed by atoms with Crippen LogP contribution in [0.15, 0.2) is 41.5 Å². The van der Waals surface area contributed by atoms with Gasteiger partial charge in [0, 0.05) is 4.91 Å². The predicted octanol–water partition coefficient (Wildman–Crippen LogP) is 5.25. The zero-order chi connectivity index (χ0) is 27.4. The number of azide groups is 1. The molecule has 0 aliphatic carbocycles. The number of hydrogen-bond donors (Lipinski definition) is 1. The van der Waals surface area contributed by atoms with Gasteiger partial charge in [-0.05, 0) is 87.4 Å². The quantitative estimate of drug-likeness (QED) is 0.130. The molecule has 2 aromatic carbocycles. The Balaban J connectivity index is 2.05. The van der Waals surface area contributed by atoms with Gasteiger partial charge < -0.3 is 19.5 Å². The number of carbonyl (C=O) groups is 2. The van der Waals surface area contributed by atoms with E-state index in [1.807, 2.05) is 0 Å². The number of amides is 1. The Labute approximate surface area is 219 Å². The van der Waals surface area contributed by atoms with Crippen molar-refractivity contribution in [2.75, 3.05) is 26.9 Å². The average molecular weight is 511 g/mol. The fourth-order valence-corrected chi connectivity index (χ4v) is 3.54. The Morgan fingerprint density at radius 2 is 1.78 bits per heavy atom. The molecule has 1 unspecified atom stereocenters. The molecule has 2 aromatic rings. The maximum absolute atomic E-state index is 12.9. The molecule has 0 heterocycles. The smallest absolute Gasteiger partial charge is 0.311 e. The number of esters is 1. The zero-order valence-corrected chi connectivity index (χ0v) is 22.7. The Kier molecular flexibility index (Phi) is 11.3. The van der Waals surface area contributed by atoms with Gasteiger partial charge in [0.1, 0.15) is 6.61 Å². The highest BCUT2D eigenvalue weighted by Gasteiger charge is 2.25. The monoisotopic (exact) mass is 510 g/mol. The molecule has 2 rings (SSSR count). The number of methoxy groups -OCH3 is 1. The summed E-state index contributed by atoms with van der Waals surface area (Å²) in [7, 11) is 1.52. The van der Waals surface area contributed by atoms with Gasteiger partial charge in [0.15, 0.2) is 11.5 Å². The molecule has 0 aromatic heterocycles. The molecule has 0 saturated carbocycles. The fraction of sp³-hybridized carbons (Fsp3) is 0.500. The minimum atomic E-state index is -0.621. The van der Waals surface area contributed by atoms with Gasteiger partial charge in [-0.3, -0.25) is 9.59 Å². The minimum Gasteiger partial charge on any atom is -0.493 e. The lowest BCUT2D eigenvalue weighted by atomic mass is 9.97. The summed E-state index contributed by atoms with van der Waals surface area (Å²) in [5.41, 5.74) is 12.1. The van der Waals surface area contributed by atoms with Gasteiger partial charge in [0.2, 0.25) is 5.91 Å². The summed E-state index contributed by atoms with van der Waals surface area (Å²) in [6.45, 7) is 10.1. The van der Waals surface area contributed by atoms with Gasteiger partial charge in [-0.25, -0.2) is 0 Å². The van der Waals surface area contributed by atoms with Crippen LogP contribution in [0.2, 0.25) is 0 Å². The Bertz CT molecular complexity index is 1120. The molecule has 0 aliphatic rings. The largest absolute Gasteiger partial charge is 0.493 e. The van der Waals surface area contributed by atoms with Crippen LogP contribution in [0.4, 0.5) is 0 Å². The molecule has 0 fully saturated rings. The standard InChI is InChI=1S/C28H38N4O5/c1-19-7-8-21(15-20(19)2)9-11-23(18-37-27(34)28(3,4)5)31-26(33)17-22-10-12-24(25(16-22)35-6)36-14-13-30-32-29/h7-8,10,12,15-16,23H,9,11,13-14,17-18H2,1-6H3,(H,31,33).